The van der Waals surface area contributed by atoms with Crippen LogP contribution in [0.4, 0.5) is 4.79 Å². The minimum Gasteiger partial charge on any atom is -0.480 e. The number of unbranched alkanes of at least 4 members (excludes halogenated alkanes) is 2. The van der Waals surface area contributed by atoms with E-state index in [4.69, 9.17) is 4.74 Å². The molecule has 0 aliphatic carbocycles. The number of aliphatic carboxylic acids is 2. The second-order valence-corrected chi connectivity index (χ2v) is 9.24. The Labute approximate surface area is 216 Å². The summed E-state index contributed by atoms with van der Waals surface area (Å²) in [5, 5.41) is 24.0. The van der Waals surface area contributed by atoms with Crippen LogP contribution in [0.5, 0.6) is 0 Å². The highest BCUT2D eigenvalue weighted by Gasteiger charge is 2.45. The lowest BCUT2D eigenvalue weighted by Crippen LogP contribution is -2.49. The van der Waals surface area contributed by atoms with E-state index in [1.54, 1.807) is 24.3 Å². The third-order valence-corrected chi connectivity index (χ3v) is 6.38. The van der Waals surface area contributed by atoms with E-state index in [1.165, 1.54) is 4.90 Å². The molecule has 37 heavy (non-hydrogen) atoms. The Hall–Kier alpha value is -3.63. The number of rotatable bonds is 14. The lowest BCUT2D eigenvalue weighted by Gasteiger charge is -2.22. The van der Waals surface area contributed by atoms with Crippen LogP contribution in [-0.2, 0) is 30.5 Å². The minimum absolute atomic E-state index is 0.000111. The number of nitrogens with one attached hydrogen (secondary N) is 2. The predicted molar refractivity (Wildman–Crippen MR) is 133 cm³/mol. The quantitative estimate of drug-likeness (QED) is 0.291. The Morgan fingerprint density at radius 2 is 1.32 bits per heavy atom. The molecule has 0 spiro atoms. The zero-order valence-corrected chi connectivity index (χ0v) is 21.4. The summed E-state index contributed by atoms with van der Waals surface area (Å²) in [6, 6.07) is 6.73. The number of carboxylic acid groups (broad SMARTS) is 2. The number of carbonyl (C=O) groups excluding carboxylic acids is 3. The molecular weight excluding hydrogens is 482 g/mol. The summed E-state index contributed by atoms with van der Waals surface area (Å²) in [6.45, 7) is 3.47. The highest BCUT2D eigenvalue weighted by Crippen LogP contribution is 2.26. The Balaban J connectivity index is 2.17. The number of nitrogens with zero attached hydrogens (tertiary/aromatic N) is 1. The largest absolute Gasteiger partial charge is 0.480 e. The van der Waals surface area contributed by atoms with Gasteiger partial charge in [-0.2, -0.15) is 0 Å². The molecule has 0 saturated carbocycles. The van der Waals surface area contributed by atoms with E-state index < -0.39 is 53.8 Å². The van der Waals surface area contributed by atoms with Crippen LogP contribution in [0.2, 0.25) is 0 Å². The van der Waals surface area contributed by atoms with Gasteiger partial charge in [-0.05, 0) is 18.4 Å². The second-order valence-electron chi connectivity index (χ2n) is 9.24. The average molecular weight is 520 g/mol. The van der Waals surface area contributed by atoms with E-state index in [-0.39, 0.29) is 32.5 Å². The van der Waals surface area contributed by atoms with Crippen molar-refractivity contribution in [2.75, 3.05) is 13.1 Å². The fraction of sp³-hybridized carbons (Fsp3) is 0.577. The summed E-state index contributed by atoms with van der Waals surface area (Å²) in [4.78, 5) is 63.5. The molecule has 11 nitrogen and oxygen atoms in total. The van der Waals surface area contributed by atoms with Crippen LogP contribution in [0.1, 0.15) is 57.9 Å². The average Bonchev–Trinajstić information content (AvgIpc) is 3.33. The van der Waals surface area contributed by atoms with Gasteiger partial charge in [-0.3, -0.25) is 9.59 Å². The fourth-order valence-corrected chi connectivity index (χ4v) is 4.18. The summed E-state index contributed by atoms with van der Waals surface area (Å²) in [5.74, 6) is -5.86. The number of carbonyl (C=O) groups is 5. The van der Waals surface area contributed by atoms with Gasteiger partial charge in [0.1, 0.15) is 18.7 Å². The molecule has 1 aromatic carbocycles. The third-order valence-electron chi connectivity index (χ3n) is 6.38. The molecule has 2 rings (SSSR count). The molecule has 4 N–H and O–H groups in total. The highest BCUT2D eigenvalue weighted by atomic mass is 16.6. The Morgan fingerprint density at radius 1 is 0.865 bits per heavy atom. The maximum Gasteiger partial charge on any atom is 0.410 e. The molecule has 0 unspecified atom stereocenters. The molecule has 204 valence electrons. The molecule has 1 aliphatic rings. The summed E-state index contributed by atoms with van der Waals surface area (Å²) in [6.07, 6.45) is 2.37. The van der Waals surface area contributed by atoms with Crippen LogP contribution in [0.3, 0.4) is 0 Å². The molecule has 0 aromatic heterocycles. The van der Waals surface area contributed by atoms with Crippen molar-refractivity contribution in [2.24, 2.45) is 11.8 Å². The number of hydrogen-bond donors (Lipinski definition) is 4. The van der Waals surface area contributed by atoms with Crippen LogP contribution >= 0.6 is 0 Å². The van der Waals surface area contributed by atoms with E-state index >= 15 is 0 Å². The molecule has 11 heteroatoms. The van der Waals surface area contributed by atoms with Crippen molar-refractivity contribution < 1.29 is 38.9 Å². The maximum absolute atomic E-state index is 13.1. The summed E-state index contributed by atoms with van der Waals surface area (Å²) >= 11 is 0. The van der Waals surface area contributed by atoms with Crippen LogP contribution in [0.15, 0.2) is 30.3 Å². The number of carboxylic acids is 2. The smallest absolute Gasteiger partial charge is 0.410 e. The van der Waals surface area contributed by atoms with Crippen LogP contribution in [0, 0.1) is 11.8 Å². The molecular formula is C26H37N3O8. The van der Waals surface area contributed by atoms with Gasteiger partial charge in [0.05, 0.1) is 11.8 Å². The van der Waals surface area contributed by atoms with Gasteiger partial charge < -0.3 is 30.5 Å². The molecule has 1 saturated heterocycles. The number of hydrogen-bond acceptors (Lipinski definition) is 6. The first-order chi connectivity index (χ1) is 17.7. The summed E-state index contributed by atoms with van der Waals surface area (Å²) in [7, 11) is 0. The normalized spacial score (nSPS) is 18.5. The van der Waals surface area contributed by atoms with Gasteiger partial charge in [0.25, 0.3) is 0 Å². The first-order valence-corrected chi connectivity index (χ1v) is 12.7. The van der Waals surface area contributed by atoms with Crippen LogP contribution < -0.4 is 10.6 Å². The predicted octanol–water partition coefficient (Wildman–Crippen LogP) is 2.39. The van der Waals surface area contributed by atoms with Crippen molar-refractivity contribution in [1.82, 2.24) is 15.5 Å². The molecule has 1 aromatic rings. The highest BCUT2D eigenvalue weighted by molar-refractivity contribution is 5.93. The van der Waals surface area contributed by atoms with E-state index in [1.807, 2.05) is 19.9 Å². The lowest BCUT2D eigenvalue weighted by atomic mass is 9.93. The zero-order valence-electron chi connectivity index (χ0n) is 21.4. The monoisotopic (exact) mass is 519 g/mol. The molecule has 1 fully saturated rings. The van der Waals surface area contributed by atoms with E-state index in [0.29, 0.717) is 12.8 Å². The summed E-state index contributed by atoms with van der Waals surface area (Å²) < 4.78 is 5.35. The van der Waals surface area contributed by atoms with Gasteiger partial charge >= 0.3 is 18.0 Å². The number of ether oxygens (including phenoxy) is 1. The third kappa shape index (κ3) is 9.07. The van der Waals surface area contributed by atoms with Gasteiger partial charge in [-0.15, -0.1) is 0 Å². The van der Waals surface area contributed by atoms with Crippen LogP contribution in [-0.4, -0.2) is 70.1 Å². The Morgan fingerprint density at radius 3 is 1.73 bits per heavy atom. The van der Waals surface area contributed by atoms with Crippen LogP contribution in [0.25, 0.3) is 0 Å². The Kier molecular flexibility index (Phi) is 11.9. The van der Waals surface area contributed by atoms with Crippen molar-refractivity contribution in [2.45, 2.75) is 71.1 Å². The standard InChI is InChI=1S/C26H37N3O8/c1-3-5-12-20(24(32)33)27-22(30)18-14-29(26(36)37-16-17-10-8-7-9-11-17)15-19(18)23(31)28-21(25(34)35)13-6-4-2/h7-11,18-21H,3-6,12-16H2,1-2H3,(H,27,30)(H,28,31)(H,32,33)(H,34,35)/t18-,19-,20-,21-/m0/s1. The first-order valence-electron chi connectivity index (χ1n) is 12.7. The summed E-state index contributed by atoms with van der Waals surface area (Å²) in [5.41, 5.74) is 0.763. The fourth-order valence-electron chi connectivity index (χ4n) is 4.18. The lowest BCUT2D eigenvalue weighted by molar-refractivity contribution is -0.144. The zero-order chi connectivity index (χ0) is 27.4. The Bertz CT molecular complexity index is 891. The van der Waals surface area contributed by atoms with E-state index in [9.17, 15) is 34.2 Å². The number of benzene rings is 1. The van der Waals surface area contributed by atoms with Gasteiger partial charge in [-0.25, -0.2) is 14.4 Å². The van der Waals surface area contributed by atoms with Crippen molar-refractivity contribution in [1.29, 1.82) is 0 Å². The minimum atomic E-state index is -1.19. The molecule has 1 heterocycles. The molecule has 0 radical (unpaired) electrons. The topological polar surface area (TPSA) is 162 Å². The molecule has 0 bridgehead atoms. The number of amides is 3. The van der Waals surface area contributed by atoms with E-state index in [2.05, 4.69) is 10.6 Å². The van der Waals surface area contributed by atoms with Crippen molar-refractivity contribution in [3.05, 3.63) is 35.9 Å². The van der Waals surface area contributed by atoms with Gasteiger partial charge in [0.2, 0.25) is 11.8 Å². The van der Waals surface area contributed by atoms with Gasteiger partial charge in [0.15, 0.2) is 0 Å². The molecule has 3 amide bonds. The second kappa shape index (κ2) is 14.8. The maximum atomic E-state index is 13.1. The van der Waals surface area contributed by atoms with Gasteiger partial charge in [0, 0.05) is 13.1 Å². The van der Waals surface area contributed by atoms with Crippen molar-refractivity contribution in [3.63, 3.8) is 0 Å². The van der Waals surface area contributed by atoms with E-state index in [0.717, 1.165) is 18.4 Å². The van der Waals surface area contributed by atoms with Crippen molar-refractivity contribution >= 4 is 29.8 Å². The van der Waals surface area contributed by atoms with Gasteiger partial charge in [-0.1, -0.05) is 69.9 Å². The van der Waals surface area contributed by atoms with Crippen molar-refractivity contribution in [3.8, 4) is 0 Å². The SMILES string of the molecule is CCCC[C@H](NC(=O)[C@H]1CN(C(=O)OCc2ccccc2)C[C@@H]1C(=O)N[C@@H](CCCC)C(=O)O)C(=O)O. The molecule has 1 aliphatic heterocycles. The number of likely N-dealkylation sites (tertiary alicyclic amines) is 1. The molecule has 4 atom stereocenters. The first kappa shape index (κ1) is 29.6.